The summed E-state index contributed by atoms with van der Waals surface area (Å²) in [4.78, 5) is 44.3. The van der Waals surface area contributed by atoms with E-state index in [1.165, 1.54) is 23.0 Å². The largest absolute Gasteiger partial charge is 0.491 e. The summed E-state index contributed by atoms with van der Waals surface area (Å²) in [5, 5.41) is 0. The Kier molecular flexibility index (Phi) is 8.50. The predicted molar refractivity (Wildman–Crippen MR) is 163 cm³/mol. The summed E-state index contributed by atoms with van der Waals surface area (Å²) in [5.41, 5.74) is 3.20. The molecule has 9 nitrogen and oxygen atoms in total. The van der Waals surface area contributed by atoms with Crippen molar-refractivity contribution in [2.24, 2.45) is 4.99 Å². The van der Waals surface area contributed by atoms with Crippen molar-refractivity contribution in [3.8, 4) is 17.1 Å². The van der Waals surface area contributed by atoms with Crippen molar-refractivity contribution >= 4 is 29.4 Å². The zero-order valence-corrected chi connectivity index (χ0v) is 25.6. The fraction of sp³-hybridized carbons (Fsp3) is 0.273. The molecule has 4 aromatic rings. The lowest BCUT2D eigenvalue weighted by Crippen LogP contribution is -2.40. The zero-order chi connectivity index (χ0) is 30.8. The molecule has 0 spiro atoms. The Morgan fingerprint density at radius 1 is 1.09 bits per heavy atom. The van der Waals surface area contributed by atoms with Crippen LogP contribution in [0.3, 0.4) is 0 Å². The van der Waals surface area contributed by atoms with Gasteiger partial charge >= 0.3 is 11.9 Å². The second-order valence-electron chi connectivity index (χ2n) is 10.2. The maximum Gasteiger partial charge on any atom is 0.338 e. The van der Waals surface area contributed by atoms with Gasteiger partial charge in [-0.15, -0.1) is 0 Å². The van der Waals surface area contributed by atoms with Crippen molar-refractivity contribution in [2.75, 3.05) is 13.7 Å². The van der Waals surface area contributed by atoms with E-state index in [2.05, 4.69) is 4.99 Å². The molecule has 3 heterocycles. The lowest BCUT2D eigenvalue weighted by atomic mass is 9.95. The number of rotatable bonds is 8. The molecule has 0 N–H and O–H groups in total. The summed E-state index contributed by atoms with van der Waals surface area (Å²) in [6.45, 7) is 9.38. The van der Waals surface area contributed by atoms with Crippen LogP contribution in [0.25, 0.3) is 17.4 Å². The molecule has 0 radical (unpaired) electrons. The van der Waals surface area contributed by atoms with Crippen LogP contribution in [0.1, 0.15) is 61.0 Å². The molecule has 2 aromatic heterocycles. The second kappa shape index (κ2) is 12.3. The first-order chi connectivity index (χ1) is 20.6. The van der Waals surface area contributed by atoms with Gasteiger partial charge in [0.2, 0.25) is 0 Å². The average molecular weight is 601 g/mol. The highest BCUT2D eigenvalue weighted by Crippen LogP contribution is 2.36. The van der Waals surface area contributed by atoms with Gasteiger partial charge < -0.3 is 18.6 Å². The van der Waals surface area contributed by atoms with E-state index in [-0.39, 0.29) is 23.8 Å². The quantitative estimate of drug-likeness (QED) is 0.264. The number of benzene rings is 2. The van der Waals surface area contributed by atoms with Crippen molar-refractivity contribution in [1.82, 2.24) is 4.57 Å². The van der Waals surface area contributed by atoms with Gasteiger partial charge in [-0.1, -0.05) is 35.6 Å². The number of carbonyl (C=O) groups is 2. The minimum Gasteiger partial charge on any atom is -0.491 e. The number of allylic oxidation sites excluding steroid dienone is 1. The molecule has 0 aliphatic carbocycles. The van der Waals surface area contributed by atoms with Crippen LogP contribution in [0, 0.1) is 6.92 Å². The number of esters is 2. The molecule has 43 heavy (non-hydrogen) atoms. The first-order valence-corrected chi connectivity index (χ1v) is 14.7. The Hall–Kier alpha value is -4.70. The third kappa shape index (κ3) is 5.83. The van der Waals surface area contributed by atoms with Crippen LogP contribution in [0.5, 0.6) is 5.75 Å². The molecular formula is C33H32N2O7S. The highest BCUT2D eigenvalue weighted by atomic mass is 32.1. The summed E-state index contributed by atoms with van der Waals surface area (Å²) >= 11 is 1.21. The second-order valence-corrected chi connectivity index (χ2v) is 11.2. The summed E-state index contributed by atoms with van der Waals surface area (Å²) in [6.07, 6.45) is 1.55. The topological polar surface area (TPSA) is 109 Å². The fourth-order valence-electron chi connectivity index (χ4n) is 5.04. The van der Waals surface area contributed by atoms with E-state index in [4.69, 9.17) is 18.6 Å². The molecule has 0 fully saturated rings. The standard InChI is InChI=1S/C33H32N2O7S/c1-7-40-32(38)28-20(5)34-33-35(29(28)24-10-8-9-11-25(24)41-18(2)3)30(36)27(43-33)17-22-13-15-26(42-22)23-14-12-21(16-19(23)4)31(37)39-6/h8-18,29H,7H2,1-6H3/b27-17+/t29-/m0/s1. The molecule has 0 unspecified atom stereocenters. The van der Waals surface area contributed by atoms with Gasteiger partial charge in [0.25, 0.3) is 5.56 Å². The molecule has 222 valence electrons. The number of thiazole rings is 1. The molecule has 2 aromatic carbocycles. The predicted octanol–water partition coefficient (Wildman–Crippen LogP) is 4.94. The number of hydrogen-bond donors (Lipinski definition) is 0. The third-order valence-corrected chi connectivity index (χ3v) is 7.89. The smallest absolute Gasteiger partial charge is 0.338 e. The summed E-state index contributed by atoms with van der Waals surface area (Å²) < 4.78 is 24.3. The number of fused-ring (bicyclic) bond motifs is 1. The molecular weight excluding hydrogens is 568 g/mol. The van der Waals surface area contributed by atoms with Gasteiger partial charge in [0.05, 0.1) is 41.2 Å². The van der Waals surface area contributed by atoms with Gasteiger partial charge in [-0.2, -0.15) is 0 Å². The molecule has 0 saturated carbocycles. The van der Waals surface area contributed by atoms with Gasteiger partial charge in [0.1, 0.15) is 23.3 Å². The number of aryl methyl sites for hydroxylation is 1. The number of para-hydroxylation sites is 1. The summed E-state index contributed by atoms with van der Waals surface area (Å²) in [7, 11) is 1.34. The van der Waals surface area contributed by atoms with Crippen LogP contribution in [0.4, 0.5) is 0 Å². The number of aromatic nitrogens is 1. The van der Waals surface area contributed by atoms with E-state index in [1.54, 1.807) is 44.2 Å². The van der Waals surface area contributed by atoms with E-state index in [1.807, 2.05) is 51.1 Å². The van der Waals surface area contributed by atoms with E-state index < -0.39 is 18.0 Å². The van der Waals surface area contributed by atoms with Crippen LogP contribution >= 0.6 is 11.3 Å². The maximum atomic E-state index is 14.0. The zero-order valence-electron chi connectivity index (χ0n) is 24.8. The Morgan fingerprint density at radius 3 is 2.56 bits per heavy atom. The Bertz CT molecular complexity index is 1930. The molecule has 1 aliphatic heterocycles. The molecule has 5 rings (SSSR count). The van der Waals surface area contributed by atoms with Gasteiger partial charge in [0, 0.05) is 17.2 Å². The number of ether oxygens (including phenoxy) is 3. The van der Waals surface area contributed by atoms with Crippen molar-refractivity contribution in [2.45, 2.75) is 46.8 Å². The van der Waals surface area contributed by atoms with Gasteiger partial charge in [-0.25, -0.2) is 14.6 Å². The summed E-state index contributed by atoms with van der Waals surface area (Å²) in [6, 6.07) is 15.4. The van der Waals surface area contributed by atoms with Crippen LogP contribution < -0.4 is 19.6 Å². The third-order valence-electron chi connectivity index (χ3n) is 6.91. The Morgan fingerprint density at radius 2 is 1.86 bits per heavy atom. The minimum atomic E-state index is -0.796. The summed E-state index contributed by atoms with van der Waals surface area (Å²) in [5.74, 6) is 0.678. The number of carbonyl (C=O) groups excluding carboxylic acids is 2. The molecule has 1 atom stereocenters. The lowest BCUT2D eigenvalue weighted by molar-refractivity contribution is -0.139. The van der Waals surface area contributed by atoms with Crippen LogP contribution in [0.15, 0.2) is 80.1 Å². The van der Waals surface area contributed by atoms with E-state index in [0.29, 0.717) is 43.4 Å². The first-order valence-electron chi connectivity index (χ1n) is 13.9. The molecule has 0 saturated heterocycles. The number of hydrogen-bond acceptors (Lipinski definition) is 9. The fourth-order valence-corrected chi connectivity index (χ4v) is 6.07. The van der Waals surface area contributed by atoms with Crippen molar-refractivity contribution in [3.63, 3.8) is 0 Å². The van der Waals surface area contributed by atoms with E-state index in [0.717, 1.165) is 11.1 Å². The number of nitrogens with zero attached hydrogens (tertiary/aromatic N) is 2. The molecule has 0 bridgehead atoms. The van der Waals surface area contributed by atoms with Gasteiger partial charge in [-0.3, -0.25) is 9.36 Å². The maximum absolute atomic E-state index is 14.0. The van der Waals surface area contributed by atoms with E-state index >= 15 is 0 Å². The lowest BCUT2D eigenvalue weighted by Gasteiger charge is -2.26. The van der Waals surface area contributed by atoms with Crippen molar-refractivity contribution in [3.05, 3.63) is 108 Å². The van der Waals surface area contributed by atoms with Crippen LogP contribution in [-0.4, -0.2) is 36.3 Å². The highest BCUT2D eigenvalue weighted by Gasteiger charge is 2.35. The number of methoxy groups -OCH3 is 1. The average Bonchev–Trinajstić information content (AvgIpc) is 3.55. The first kappa shape index (κ1) is 29.8. The Labute approximate surface area is 252 Å². The molecule has 0 amide bonds. The van der Waals surface area contributed by atoms with Crippen molar-refractivity contribution < 1.29 is 28.2 Å². The van der Waals surface area contributed by atoms with Gasteiger partial charge in [0.15, 0.2) is 4.80 Å². The normalized spacial score (nSPS) is 14.9. The molecule has 10 heteroatoms. The highest BCUT2D eigenvalue weighted by molar-refractivity contribution is 7.07. The van der Waals surface area contributed by atoms with Gasteiger partial charge in [-0.05, 0) is 70.5 Å². The van der Waals surface area contributed by atoms with Crippen molar-refractivity contribution in [1.29, 1.82) is 0 Å². The monoisotopic (exact) mass is 600 g/mol. The van der Waals surface area contributed by atoms with Crippen LogP contribution in [-0.2, 0) is 14.3 Å². The van der Waals surface area contributed by atoms with E-state index in [9.17, 15) is 14.4 Å². The van der Waals surface area contributed by atoms with Crippen LogP contribution in [0.2, 0.25) is 0 Å². The minimum absolute atomic E-state index is 0.124. The number of furan rings is 1. The SMILES string of the molecule is CCOC(=O)C1=C(C)N=c2s/c(=C/c3ccc(-c4ccc(C(=O)OC)cc4C)o3)c(=O)n2[C@H]1c1ccccc1OC(C)C. The molecule has 1 aliphatic rings. The Balaban J connectivity index is 1.62.